The minimum absolute atomic E-state index is 0.212. The first-order valence-corrected chi connectivity index (χ1v) is 4.77. The summed E-state index contributed by atoms with van der Waals surface area (Å²) in [5, 5.41) is 8.97. The van der Waals surface area contributed by atoms with Gasteiger partial charge in [0.25, 0.3) is 0 Å². The third kappa shape index (κ3) is 1.85. The minimum atomic E-state index is -0.449. The highest BCUT2D eigenvalue weighted by molar-refractivity contribution is 5.45. The highest BCUT2D eigenvalue weighted by Gasteiger charge is 2.21. The van der Waals surface area contributed by atoms with Crippen LogP contribution in [0.2, 0.25) is 0 Å². The summed E-state index contributed by atoms with van der Waals surface area (Å²) in [5.74, 6) is -0.124. The van der Waals surface area contributed by atoms with Crippen molar-refractivity contribution >= 4 is 5.69 Å². The number of aliphatic hydroxyl groups is 1. The Hall–Kier alpha value is -1.16. The molecule has 2 rings (SSSR count). The number of hydrogen-bond acceptors (Lipinski definition) is 3. The van der Waals surface area contributed by atoms with Gasteiger partial charge in [-0.25, -0.2) is 4.98 Å². The molecule has 1 aromatic heterocycles. The van der Waals surface area contributed by atoms with Crippen molar-refractivity contribution in [3.8, 4) is 0 Å². The molecule has 2 heterocycles. The zero-order chi connectivity index (χ0) is 9.97. The maximum Gasteiger partial charge on any atom is 0.214 e. The van der Waals surface area contributed by atoms with Crippen molar-refractivity contribution in [2.24, 2.45) is 5.92 Å². The molecule has 1 N–H and O–H groups in total. The summed E-state index contributed by atoms with van der Waals surface area (Å²) in [6.07, 6.45) is 2.44. The van der Waals surface area contributed by atoms with Gasteiger partial charge in [-0.1, -0.05) is 0 Å². The predicted molar refractivity (Wildman–Crippen MR) is 51.6 cm³/mol. The molecule has 1 aliphatic rings. The molecule has 1 atom stereocenters. The van der Waals surface area contributed by atoms with E-state index in [0.29, 0.717) is 5.92 Å². The molecule has 1 aliphatic heterocycles. The number of pyridine rings is 1. The second-order valence-corrected chi connectivity index (χ2v) is 3.62. The van der Waals surface area contributed by atoms with E-state index in [4.69, 9.17) is 5.11 Å². The second-order valence-electron chi connectivity index (χ2n) is 3.62. The van der Waals surface area contributed by atoms with E-state index < -0.39 is 5.95 Å². The van der Waals surface area contributed by atoms with Crippen LogP contribution in [0.25, 0.3) is 0 Å². The fraction of sp³-hybridized carbons (Fsp3) is 0.500. The molecule has 1 saturated heterocycles. The number of hydrogen-bond donors (Lipinski definition) is 1. The fourth-order valence-corrected chi connectivity index (χ4v) is 1.81. The van der Waals surface area contributed by atoms with Gasteiger partial charge in [-0.05, 0) is 12.5 Å². The van der Waals surface area contributed by atoms with Crippen LogP contribution in [0.1, 0.15) is 6.42 Å². The third-order valence-corrected chi connectivity index (χ3v) is 2.62. The summed E-state index contributed by atoms with van der Waals surface area (Å²) in [6.45, 7) is 1.90. The van der Waals surface area contributed by atoms with E-state index in [2.05, 4.69) is 9.88 Å². The number of anilines is 1. The summed E-state index contributed by atoms with van der Waals surface area (Å²) in [5.41, 5.74) is 0.855. The van der Waals surface area contributed by atoms with Gasteiger partial charge in [0, 0.05) is 43.6 Å². The summed E-state index contributed by atoms with van der Waals surface area (Å²) < 4.78 is 12.8. The fourth-order valence-electron chi connectivity index (χ4n) is 1.81. The first-order valence-electron chi connectivity index (χ1n) is 4.77. The monoisotopic (exact) mass is 196 g/mol. The van der Waals surface area contributed by atoms with Crippen LogP contribution < -0.4 is 4.90 Å². The number of nitrogens with zero attached hydrogens (tertiary/aromatic N) is 2. The van der Waals surface area contributed by atoms with Crippen LogP contribution in [0.4, 0.5) is 10.1 Å². The standard InChI is InChI=1S/C10H13FN2O/c11-10-5-9(1-3-12-10)13-4-2-8(6-13)7-14/h1,3,5,8,14H,2,4,6-7H2. The topological polar surface area (TPSA) is 36.4 Å². The first kappa shape index (κ1) is 9.40. The zero-order valence-corrected chi connectivity index (χ0v) is 7.86. The molecule has 0 radical (unpaired) electrons. The molecule has 0 saturated carbocycles. The molecule has 4 heteroatoms. The zero-order valence-electron chi connectivity index (χ0n) is 7.86. The Labute approximate surface area is 82.2 Å². The average Bonchev–Trinajstić information content (AvgIpc) is 2.66. The number of rotatable bonds is 2. The molecular weight excluding hydrogens is 183 g/mol. The second kappa shape index (κ2) is 3.92. The molecule has 76 valence electrons. The van der Waals surface area contributed by atoms with Crippen LogP contribution in [-0.4, -0.2) is 29.8 Å². The molecule has 14 heavy (non-hydrogen) atoms. The van der Waals surface area contributed by atoms with Crippen LogP contribution >= 0.6 is 0 Å². The molecule has 1 aromatic rings. The maximum atomic E-state index is 12.8. The van der Waals surface area contributed by atoms with Crippen LogP contribution in [0.5, 0.6) is 0 Å². The Morgan fingerprint density at radius 1 is 1.64 bits per heavy atom. The van der Waals surface area contributed by atoms with Gasteiger partial charge < -0.3 is 10.0 Å². The van der Waals surface area contributed by atoms with Crippen molar-refractivity contribution in [3.63, 3.8) is 0 Å². The molecule has 0 aliphatic carbocycles. The van der Waals surface area contributed by atoms with Gasteiger partial charge >= 0.3 is 0 Å². The molecule has 1 fully saturated rings. The lowest BCUT2D eigenvalue weighted by atomic mass is 10.1. The lowest BCUT2D eigenvalue weighted by Gasteiger charge is -2.17. The van der Waals surface area contributed by atoms with E-state index in [1.807, 2.05) is 0 Å². The van der Waals surface area contributed by atoms with E-state index in [1.54, 1.807) is 6.07 Å². The highest BCUT2D eigenvalue weighted by Crippen LogP contribution is 2.23. The van der Waals surface area contributed by atoms with E-state index in [-0.39, 0.29) is 6.61 Å². The van der Waals surface area contributed by atoms with E-state index in [0.717, 1.165) is 25.2 Å². The largest absolute Gasteiger partial charge is 0.396 e. The van der Waals surface area contributed by atoms with Gasteiger partial charge in [-0.2, -0.15) is 4.39 Å². The third-order valence-electron chi connectivity index (χ3n) is 2.62. The Bertz CT molecular complexity index is 319. The predicted octanol–water partition coefficient (Wildman–Crippen LogP) is 1.04. The van der Waals surface area contributed by atoms with Crippen molar-refractivity contribution in [2.45, 2.75) is 6.42 Å². The van der Waals surface area contributed by atoms with Crippen molar-refractivity contribution < 1.29 is 9.50 Å². The minimum Gasteiger partial charge on any atom is -0.396 e. The van der Waals surface area contributed by atoms with Gasteiger partial charge in [0.1, 0.15) is 0 Å². The van der Waals surface area contributed by atoms with Crippen molar-refractivity contribution in [1.82, 2.24) is 4.98 Å². The molecular formula is C10H13FN2O. The number of aliphatic hydroxyl groups excluding tert-OH is 1. The van der Waals surface area contributed by atoms with Gasteiger partial charge in [-0.15, -0.1) is 0 Å². The Morgan fingerprint density at radius 2 is 2.50 bits per heavy atom. The molecule has 0 amide bonds. The first-order chi connectivity index (χ1) is 6.79. The lowest BCUT2D eigenvalue weighted by molar-refractivity contribution is 0.238. The average molecular weight is 196 g/mol. The Morgan fingerprint density at radius 3 is 3.14 bits per heavy atom. The molecule has 0 bridgehead atoms. The van der Waals surface area contributed by atoms with Gasteiger partial charge in [0.05, 0.1) is 0 Å². The van der Waals surface area contributed by atoms with Gasteiger partial charge in [-0.3, -0.25) is 0 Å². The normalized spacial score (nSPS) is 21.6. The Balaban J connectivity index is 2.09. The highest BCUT2D eigenvalue weighted by atomic mass is 19.1. The molecule has 0 spiro atoms. The lowest BCUT2D eigenvalue weighted by Crippen LogP contribution is -2.20. The summed E-state index contributed by atoms with van der Waals surface area (Å²) in [7, 11) is 0. The molecule has 1 unspecified atom stereocenters. The van der Waals surface area contributed by atoms with Crippen molar-refractivity contribution in [3.05, 3.63) is 24.3 Å². The van der Waals surface area contributed by atoms with Gasteiger partial charge in [0.2, 0.25) is 5.95 Å². The Kier molecular flexibility index (Phi) is 2.63. The summed E-state index contributed by atoms with van der Waals surface area (Å²) in [4.78, 5) is 5.58. The van der Waals surface area contributed by atoms with Gasteiger partial charge in [0.15, 0.2) is 0 Å². The van der Waals surface area contributed by atoms with Crippen molar-refractivity contribution in [1.29, 1.82) is 0 Å². The quantitative estimate of drug-likeness (QED) is 0.718. The van der Waals surface area contributed by atoms with Crippen LogP contribution in [0, 0.1) is 11.9 Å². The number of halogens is 1. The number of aromatic nitrogens is 1. The molecule has 3 nitrogen and oxygen atoms in total. The smallest absolute Gasteiger partial charge is 0.214 e. The summed E-state index contributed by atoms with van der Waals surface area (Å²) in [6, 6.07) is 3.22. The van der Waals surface area contributed by atoms with Crippen LogP contribution in [-0.2, 0) is 0 Å². The van der Waals surface area contributed by atoms with Crippen LogP contribution in [0.3, 0.4) is 0 Å². The van der Waals surface area contributed by atoms with E-state index in [1.165, 1.54) is 12.3 Å². The van der Waals surface area contributed by atoms with E-state index >= 15 is 0 Å². The summed E-state index contributed by atoms with van der Waals surface area (Å²) >= 11 is 0. The maximum absolute atomic E-state index is 12.8. The van der Waals surface area contributed by atoms with E-state index in [9.17, 15) is 4.39 Å². The SMILES string of the molecule is OCC1CCN(c2ccnc(F)c2)C1. The molecule has 0 aromatic carbocycles. The van der Waals surface area contributed by atoms with Crippen molar-refractivity contribution in [2.75, 3.05) is 24.6 Å². The van der Waals surface area contributed by atoms with Crippen LogP contribution in [0.15, 0.2) is 18.3 Å².